The minimum absolute atomic E-state index is 0.0840. The second kappa shape index (κ2) is 8.49. The highest BCUT2D eigenvalue weighted by molar-refractivity contribution is 5.95. The molecule has 7 heteroatoms. The van der Waals surface area contributed by atoms with E-state index in [2.05, 4.69) is 10.3 Å². The predicted molar refractivity (Wildman–Crippen MR) is 112 cm³/mol. The summed E-state index contributed by atoms with van der Waals surface area (Å²) < 4.78 is 6.82. The lowest BCUT2D eigenvalue weighted by Gasteiger charge is -2.13. The SMILES string of the molecule is C[C@@H](CNC(=O)COC(=O)c1ccc2c(=O)n3c(nc2c1)CCC3)c1ccccc1. The number of carbonyl (C=O) groups is 2. The second-order valence-electron chi connectivity index (χ2n) is 7.51. The number of hydrogen-bond acceptors (Lipinski definition) is 5. The third kappa shape index (κ3) is 4.10. The van der Waals surface area contributed by atoms with Gasteiger partial charge in [-0.3, -0.25) is 14.2 Å². The maximum Gasteiger partial charge on any atom is 0.338 e. The summed E-state index contributed by atoms with van der Waals surface area (Å²) in [5.41, 5.74) is 1.78. The lowest BCUT2D eigenvalue weighted by atomic mass is 10.0. The van der Waals surface area contributed by atoms with Gasteiger partial charge in [0.15, 0.2) is 6.61 Å². The molecule has 1 N–H and O–H groups in total. The van der Waals surface area contributed by atoms with Crippen LogP contribution < -0.4 is 10.9 Å². The van der Waals surface area contributed by atoms with Gasteiger partial charge in [0.25, 0.3) is 11.5 Å². The van der Waals surface area contributed by atoms with Crippen molar-refractivity contribution < 1.29 is 14.3 Å². The van der Waals surface area contributed by atoms with Gasteiger partial charge in [0.05, 0.1) is 16.5 Å². The first kappa shape index (κ1) is 19.8. The number of rotatable bonds is 6. The Bertz CT molecular complexity index is 1150. The van der Waals surface area contributed by atoms with E-state index in [9.17, 15) is 14.4 Å². The highest BCUT2D eigenvalue weighted by Crippen LogP contribution is 2.17. The van der Waals surface area contributed by atoms with E-state index in [0.717, 1.165) is 24.2 Å². The van der Waals surface area contributed by atoms with Crippen molar-refractivity contribution in [2.24, 2.45) is 0 Å². The van der Waals surface area contributed by atoms with Crippen molar-refractivity contribution in [1.82, 2.24) is 14.9 Å². The van der Waals surface area contributed by atoms with E-state index in [0.29, 0.717) is 24.0 Å². The molecule has 1 amide bonds. The Labute approximate surface area is 173 Å². The molecule has 154 valence electrons. The number of fused-ring (bicyclic) bond motifs is 2. The van der Waals surface area contributed by atoms with E-state index in [1.807, 2.05) is 37.3 Å². The molecular weight excluding hydrogens is 382 g/mol. The topological polar surface area (TPSA) is 90.3 Å². The predicted octanol–water partition coefficient (Wildman–Crippen LogP) is 2.42. The molecule has 0 fully saturated rings. The van der Waals surface area contributed by atoms with Crippen molar-refractivity contribution in [2.75, 3.05) is 13.2 Å². The smallest absolute Gasteiger partial charge is 0.338 e. The maximum atomic E-state index is 12.5. The molecule has 0 unspecified atom stereocenters. The number of nitrogens with zero attached hydrogens (tertiary/aromatic N) is 2. The summed E-state index contributed by atoms with van der Waals surface area (Å²) in [5.74, 6) is -0.0881. The molecule has 0 saturated carbocycles. The summed E-state index contributed by atoms with van der Waals surface area (Å²) in [4.78, 5) is 41.4. The summed E-state index contributed by atoms with van der Waals surface area (Å²) >= 11 is 0. The summed E-state index contributed by atoms with van der Waals surface area (Å²) in [6.07, 6.45) is 1.65. The zero-order chi connectivity index (χ0) is 21.1. The molecule has 0 radical (unpaired) electrons. The van der Waals surface area contributed by atoms with Crippen LogP contribution in [0.25, 0.3) is 10.9 Å². The molecule has 30 heavy (non-hydrogen) atoms. The molecule has 0 aliphatic carbocycles. The van der Waals surface area contributed by atoms with Gasteiger partial charge in [0.1, 0.15) is 5.82 Å². The number of aryl methyl sites for hydroxylation is 1. The molecule has 1 aliphatic rings. The van der Waals surface area contributed by atoms with Crippen LogP contribution in [0, 0.1) is 0 Å². The van der Waals surface area contributed by atoms with E-state index in [-0.39, 0.29) is 29.6 Å². The molecule has 3 aromatic rings. The monoisotopic (exact) mass is 405 g/mol. The van der Waals surface area contributed by atoms with Crippen molar-refractivity contribution in [3.8, 4) is 0 Å². The second-order valence-corrected chi connectivity index (χ2v) is 7.51. The average molecular weight is 405 g/mol. The Morgan fingerprint density at radius 1 is 1.20 bits per heavy atom. The Morgan fingerprint density at radius 3 is 2.80 bits per heavy atom. The fourth-order valence-electron chi connectivity index (χ4n) is 3.64. The minimum atomic E-state index is -0.620. The molecule has 2 aromatic carbocycles. The van der Waals surface area contributed by atoms with Gasteiger partial charge in [0, 0.05) is 19.5 Å². The van der Waals surface area contributed by atoms with Gasteiger partial charge >= 0.3 is 5.97 Å². The molecular formula is C23H23N3O4. The van der Waals surface area contributed by atoms with Crippen LogP contribution in [0.2, 0.25) is 0 Å². The van der Waals surface area contributed by atoms with Gasteiger partial charge in [-0.05, 0) is 36.1 Å². The number of hydrogen-bond donors (Lipinski definition) is 1. The summed E-state index contributed by atoms with van der Waals surface area (Å²) in [5, 5.41) is 3.26. The van der Waals surface area contributed by atoms with E-state index < -0.39 is 5.97 Å². The molecule has 0 saturated heterocycles. The average Bonchev–Trinajstić information content (AvgIpc) is 3.25. The third-order valence-corrected chi connectivity index (χ3v) is 5.36. The fourth-order valence-corrected chi connectivity index (χ4v) is 3.64. The van der Waals surface area contributed by atoms with Crippen LogP contribution in [-0.2, 0) is 22.5 Å². The first-order chi connectivity index (χ1) is 14.5. The largest absolute Gasteiger partial charge is 0.452 e. The zero-order valence-electron chi connectivity index (χ0n) is 16.8. The first-order valence-electron chi connectivity index (χ1n) is 10.0. The van der Waals surface area contributed by atoms with Crippen molar-refractivity contribution in [3.63, 3.8) is 0 Å². The lowest BCUT2D eigenvalue weighted by molar-refractivity contribution is -0.124. The summed E-state index contributed by atoms with van der Waals surface area (Å²) in [6.45, 7) is 2.79. The summed E-state index contributed by atoms with van der Waals surface area (Å²) in [7, 11) is 0. The van der Waals surface area contributed by atoms with Gasteiger partial charge in [-0.2, -0.15) is 0 Å². The van der Waals surface area contributed by atoms with Crippen molar-refractivity contribution in [2.45, 2.75) is 32.2 Å². The van der Waals surface area contributed by atoms with Crippen LogP contribution in [0.15, 0.2) is 53.3 Å². The van der Waals surface area contributed by atoms with Crippen LogP contribution in [-0.4, -0.2) is 34.6 Å². The molecule has 1 aliphatic heterocycles. The third-order valence-electron chi connectivity index (χ3n) is 5.36. The van der Waals surface area contributed by atoms with Crippen LogP contribution in [0.5, 0.6) is 0 Å². The van der Waals surface area contributed by atoms with Crippen LogP contribution in [0.3, 0.4) is 0 Å². The van der Waals surface area contributed by atoms with Gasteiger partial charge in [0.2, 0.25) is 0 Å². The van der Waals surface area contributed by atoms with Gasteiger partial charge in [-0.25, -0.2) is 9.78 Å². The zero-order valence-corrected chi connectivity index (χ0v) is 16.8. The Balaban J connectivity index is 1.36. The van der Waals surface area contributed by atoms with Crippen LogP contribution in [0.4, 0.5) is 0 Å². The number of benzene rings is 2. The molecule has 7 nitrogen and oxygen atoms in total. The molecule has 1 aromatic heterocycles. The molecule has 2 heterocycles. The normalized spacial score (nSPS) is 13.6. The van der Waals surface area contributed by atoms with E-state index in [1.165, 1.54) is 6.07 Å². The van der Waals surface area contributed by atoms with E-state index in [4.69, 9.17) is 4.74 Å². The van der Waals surface area contributed by atoms with Gasteiger partial charge < -0.3 is 10.1 Å². The molecule has 0 spiro atoms. The summed E-state index contributed by atoms with van der Waals surface area (Å²) in [6, 6.07) is 14.5. The molecule has 0 bridgehead atoms. The van der Waals surface area contributed by atoms with E-state index in [1.54, 1.807) is 16.7 Å². The minimum Gasteiger partial charge on any atom is -0.452 e. The van der Waals surface area contributed by atoms with Crippen LogP contribution >= 0.6 is 0 Å². The quantitative estimate of drug-likeness (QED) is 0.636. The maximum absolute atomic E-state index is 12.5. The number of amides is 1. The van der Waals surface area contributed by atoms with Crippen molar-refractivity contribution in [1.29, 1.82) is 0 Å². The molecule has 1 atom stereocenters. The number of ether oxygens (including phenoxy) is 1. The van der Waals surface area contributed by atoms with Crippen molar-refractivity contribution >= 4 is 22.8 Å². The fraction of sp³-hybridized carbons (Fsp3) is 0.304. The van der Waals surface area contributed by atoms with E-state index >= 15 is 0 Å². The van der Waals surface area contributed by atoms with Gasteiger partial charge in [-0.1, -0.05) is 37.3 Å². The number of esters is 1. The highest BCUT2D eigenvalue weighted by atomic mass is 16.5. The Morgan fingerprint density at radius 2 is 2.00 bits per heavy atom. The standard InChI is InChI=1S/C23H23N3O4/c1-15(16-6-3-2-4-7-16)13-24-21(27)14-30-23(29)17-9-10-18-19(12-17)25-20-8-5-11-26(20)22(18)28/h2-4,6-7,9-10,12,15H,5,8,11,13-14H2,1H3,(H,24,27)/t15-/m0/s1. The van der Waals surface area contributed by atoms with Crippen molar-refractivity contribution in [3.05, 3.63) is 75.8 Å². The Kier molecular flexibility index (Phi) is 5.61. The number of carbonyl (C=O) groups excluding carboxylic acids is 2. The number of nitrogens with one attached hydrogen (secondary N) is 1. The number of aromatic nitrogens is 2. The highest BCUT2D eigenvalue weighted by Gasteiger charge is 2.18. The lowest BCUT2D eigenvalue weighted by Crippen LogP contribution is -2.31. The van der Waals surface area contributed by atoms with Crippen LogP contribution in [0.1, 0.15) is 41.0 Å². The first-order valence-corrected chi connectivity index (χ1v) is 10.0. The van der Waals surface area contributed by atoms with Gasteiger partial charge in [-0.15, -0.1) is 0 Å². The molecule has 4 rings (SSSR count). The Hall–Kier alpha value is -3.48.